The maximum atomic E-state index is 5.41. The fourth-order valence-corrected chi connectivity index (χ4v) is 2.66. The SMILES string of the molecule is COc1cccc(OC)c1CNC1CCCCC1. The fourth-order valence-electron chi connectivity index (χ4n) is 2.66. The van der Waals surface area contributed by atoms with E-state index in [1.165, 1.54) is 32.1 Å². The van der Waals surface area contributed by atoms with Gasteiger partial charge in [0.05, 0.1) is 14.2 Å². The molecule has 1 aromatic carbocycles. The van der Waals surface area contributed by atoms with Crippen LogP contribution in [-0.2, 0) is 6.54 Å². The smallest absolute Gasteiger partial charge is 0.127 e. The Morgan fingerprint density at radius 2 is 1.67 bits per heavy atom. The summed E-state index contributed by atoms with van der Waals surface area (Å²) in [6.07, 6.45) is 6.66. The van der Waals surface area contributed by atoms with E-state index in [0.29, 0.717) is 6.04 Å². The summed E-state index contributed by atoms with van der Waals surface area (Å²) in [5.74, 6) is 1.80. The Hall–Kier alpha value is -1.22. The zero-order valence-electron chi connectivity index (χ0n) is 11.4. The van der Waals surface area contributed by atoms with Gasteiger partial charge in [-0.1, -0.05) is 25.3 Å². The molecule has 18 heavy (non-hydrogen) atoms. The highest BCUT2D eigenvalue weighted by Gasteiger charge is 2.15. The summed E-state index contributed by atoms with van der Waals surface area (Å²) in [5.41, 5.74) is 1.12. The lowest BCUT2D eigenvalue weighted by Crippen LogP contribution is -2.30. The Kier molecular flexibility index (Phi) is 4.88. The van der Waals surface area contributed by atoms with Crippen LogP contribution in [0.4, 0.5) is 0 Å². The zero-order valence-corrected chi connectivity index (χ0v) is 11.4. The summed E-state index contributed by atoms with van der Waals surface area (Å²) < 4.78 is 10.8. The minimum absolute atomic E-state index is 0.647. The van der Waals surface area contributed by atoms with Crippen LogP contribution in [0.2, 0.25) is 0 Å². The van der Waals surface area contributed by atoms with Crippen molar-refractivity contribution in [2.45, 2.75) is 44.7 Å². The van der Waals surface area contributed by atoms with Crippen molar-refractivity contribution in [1.29, 1.82) is 0 Å². The first-order valence-corrected chi connectivity index (χ1v) is 6.78. The molecule has 1 aliphatic rings. The second-order valence-corrected chi connectivity index (χ2v) is 4.86. The highest BCUT2D eigenvalue weighted by molar-refractivity contribution is 5.44. The number of rotatable bonds is 5. The van der Waals surface area contributed by atoms with Gasteiger partial charge in [-0.3, -0.25) is 0 Å². The molecule has 0 unspecified atom stereocenters. The molecule has 0 saturated heterocycles. The van der Waals surface area contributed by atoms with Crippen LogP contribution >= 0.6 is 0 Å². The number of ether oxygens (including phenoxy) is 2. The second kappa shape index (κ2) is 6.64. The van der Waals surface area contributed by atoms with E-state index >= 15 is 0 Å². The maximum absolute atomic E-state index is 5.41. The highest BCUT2D eigenvalue weighted by Crippen LogP contribution is 2.28. The largest absolute Gasteiger partial charge is 0.496 e. The molecule has 0 amide bonds. The van der Waals surface area contributed by atoms with E-state index in [4.69, 9.17) is 9.47 Å². The summed E-state index contributed by atoms with van der Waals surface area (Å²) in [5, 5.41) is 3.63. The van der Waals surface area contributed by atoms with E-state index in [1.54, 1.807) is 14.2 Å². The summed E-state index contributed by atoms with van der Waals surface area (Å²) >= 11 is 0. The topological polar surface area (TPSA) is 30.5 Å². The van der Waals surface area contributed by atoms with Crippen LogP contribution in [0.5, 0.6) is 11.5 Å². The summed E-state index contributed by atoms with van der Waals surface area (Å²) in [7, 11) is 3.41. The molecular formula is C15H23NO2. The van der Waals surface area contributed by atoms with Crippen molar-refractivity contribution in [3.8, 4) is 11.5 Å². The highest BCUT2D eigenvalue weighted by atomic mass is 16.5. The van der Waals surface area contributed by atoms with E-state index in [2.05, 4.69) is 5.32 Å². The lowest BCUT2D eigenvalue weighted by atomic mass is 9.95. The third-order valence-corrected chi connectivity index (χ3v) is 3.70. The molecule has 1 fully saturated rings. The Balaban J connectivity index is 2.02. The third kappa shape index (κ3) is 3.16. The molecule has 1 N–H and O–H groups in total. The van der Waals surface area contributed by atoms with Gasteiger partial charge in [-0.05, 0) is 25.0 Å². The van der Waals surface area contributed by atoms with Crippen molar-refractivity contribution in [2.75, 3.05) is 14.2 Å². The molecule has 0 radical (unpaired) electrons. The average Bonchev–Trinajstić information content (AvgIpc) is 2.45. The molecule has 0 aromatic heterocycles. The summed E-state index contributed by atoms with van der Waals surface area (Å²) in [6, 6.07) is 6.58. The molecule has 1 aromatic rings. The van der Waals surface area contributed by atoms with Crippen LogP contribution in [0.3, 0.4) is 0 Å². The van der Waals surface area contributed by atoms with Crippen LogP contribution in [-0.4, -0.2) is 20.3 Å². The van der Waals surface area contributed by atoms with Crippen molar-refractivity contribution in [3.05, 3.63) is 23.8 Å². The van der Waals surface area contributed by atoms with Gasteiger partial charge in [-0.25, -0.2) is 0 Å². The number of hydrogen-bond donors (Lipinski definition) is 1. The fraction of sp³-hybridized carbons (Fsp3) is 0.600. The molecule has 0 bridgehead atoms. The molecule has 1 saturated carbocycles. The van der Waals surface area contributed by atoms with Gasteiger partial charge in [0.25, 0.3) is 0 Å². The molecule has 0 aliphatic heterocycles. The Bertz CT molecular complexity index is 351. The molecular weight excluding hydrogens is 226 g/mol. The average molecular weight is 249 g/mol. The Labute approximate surface area is 109 Å². The van der Waals surface area contributed by atoms with Crippen LogP contribution in [0.25, 0.3) is 0 Å². The van der Waals surface area contributed by atoms with E-state index in [0.717, 1.165) is 23.6 Å². The van der Waals surface area contributed by atoms with Gasteiger partial charge in [-0.15, -0.1) is 0 Å². The van der Waals surface area contributed by atoms with Crippen molar-refractivity contribution in [3.63, 3.8) is 0 Å². The van der Waals surface area contributed by atoms with Gasteiger partial charge in [0, 0.05) is 18.2 Å². The number of benzene rings is 1. The monoisotopic (exact) mass is 249 g/mol. The van der Waals surface area contributed by atoms with Gasteiger partial charge in [-0.2, -0.15) is 0 Å². The number of methoxy groups -OCH3 is 2. The van der Waals surface area contributed by atoms with Gasteiger partial charge >= 0.3 is 0 Å². The Morgan fingerprint density at radius 1 is 1.06 bits per heavy atom. The number of nitrogens with one attached hydrogen (secondary N) is 1. The maximum Gasteiger partial charge on any atom is 0.127 e. The van der Waals surface area contributed by atoms with Gasteiger partial charge in [0.1, 0.15) is 11.5 Å². The van der Waals surface area contributed by atoms with E-state index in [1.807, 2.05) is 18.2 Å². The van der Waals surface area contributed by atoms with Gasteiger partial charge in [0.2, 0.25) is 0 Å². The van der Waals surface area contributed by atoms with Crippen molar-refractivity contribution in [2.24, 2.45) is 0 Å². The Morgan fingerprint density at radius 3 is 2.22 bits per heavy atom. The lowest BCUT2D eigenvalue weighted by Gasteiger charge is -2.23. The normalized spacial score (nSPS) is 16.6. The molecule has 100 valence electrons. The molecule has 0 heterocycles. The third-order valence-electron chi connectivity index (χ3n) is 3.70. The zero-order chi connectivity index (χ0) is 12.8. The lowest BCUT2D eigenvalue weighted by molar-refractivity contribution is 0.354. The molecule has 1 aliphatic carbocycles. The van der Waals surface area contributed by atoms with E-state index < -0.39 is 0 Å². The first-order chi connectivity index (χ1) is 8.85. The summed E-state index contributed by atoms with van der Waals surface area (Å²) in [6.45, 7) is 0.817. The first kappa shape index (κ1) is 13.2. The molecule has 2 rings (SSSR count). The van der Waals surface area contributed by atoms with Gasteiger partial charge in [0.15, 0.2) is 0 Å². The van der Waals surface area contributed by atoms with Gasteiger partial charge < -0.3 is 14.8 Å². The van der Waals surface area contributed by atoms with E-state index in [9.17, 15) is 0 Å². The van der Waals surface area contributed by atoms with Crippen LogP contribution in [0.15, 0.2) is 18.2 Å². The van der Waals surface area contributed by atoms with Crippen LogP contribution in [0, 0.1) is 0 Å². The number of hydrogen-bond acceptors (Lipinski definition) is 3. The quantitative estimate of drug-likeness (QED) is 0.869. The molecule has 3 nitrogen and oxygen atoms in total. The van der Waals surface area contributed by atoms with Crippen LogP contribution in [0.1, 0.15) is 37.7 Å². The standard InChI is InChI=1S/C15H23NO2/c1-17-14-9-6-10-15(18-2)13(14)11-16-12-7-4-3-5-8-12/h6,9-10,12,16H,3-5,7-8,11H2,1-2H3. The predicted octanol–water partition coefficient (Wildman–Crippen LogP) is 3.13. The molecule has 0 spiro atoms. The molecule has 0 atom stereocenters. The molecule has 3 heteroatoms. The van der Waals surface area contributed by atoms with Crippen LogP contribution < -0.4 is 14.8 Å². The first-order valence-electron chi connectivity index (χ1n) is 6.78. The second-order valence-electron chi connectivity index (χ2n) is 4.86. The minimum atomic E-state index is 0.647. The predicted molar refractivity (Wildman–Crippen MR) is 73.3 cm³/mol. The van der Waals surface area contributed by atoms with Crippen molar-refractivity contribution in [1.82, 2.24) is 5.32 Å². The minimum Gasteiger partial charge on any atom is -0.496 e. The van der Waals surface area contributed by atoms with Crippen molar-refractivity contribution >= 4 is 0 Å². The van der Waals surface area contributed by atoms with Crippen molar-refractivity contribution < 1.29 is 9.47 Å². The van der Waals surface area contributed by atoms with E-state index in [-0.39, 0.29) is 0 Å². The summed E-state index contributed by atoms with van der Waals surface area (Å²) in [4.78, 5) is 0.